The van der Waals surface area contributed by atoms with Gasteiger partial charge in [-0.15, -0.1) is 0 Å². The largest absolute Gasteiger partial charge is 0.481 e. The Morgan fingerprint density at radius 2 is 1.66 bits per heavy atom. The molecule has 4 atom stereocenters. The van der Waals surface area contributed by atoms with Gasteiger partial charge in [-0.2, -0.15) is 0 Å². The first kappa shape index (κ1) is 28.4. The Bertz CT molecular complexity index is 695. The number of aliphatic carboxylic acids is 1. The third kappa shape index (κ3) is 10.8. The Kier molecular flexibility index (Phi) is 13.6. The van der Waals surface area contributed by atoms with Crippen LogP contribution >= 0.6 is 0 Å². The van der Waals surface area contributed by atoms with E-state index >= 15 is 0 Å². The number of carbonyl (C=O) groups is 1. The standard InChI is InChI=1S/C29H48O3/c1-21(11-8-12-22(2)15-10-16-25(5)29(30)31)13-9-14-23(3)17-19-27-20-18-24(4)26(6)28(27)32-7/h13,15,18,20,23,25-26,28H,8-12,14,16-17,19H2,1-7H3,(H,30,31)/b21-13+,22-15+. The van der Waals surface area contributed by atoms with Crippen molar-refractivity contribution >= 4 is 5.97 Å². The van der Waals surface area contributed by atoms with Gasteiger partial charge in [-0.1, -0.05) is 61.8 Å². The summed E-state index contributed by atoms with van der Waals surface area (Å²) in [5.41, 5.74) is 5.74. The van der Waals surface area contributed by atoms with Crippen molar-refractivity contribution in [2.45, 2.75) is 105 Å². The number of methoxy groups -OCH3 is 1. The van der Waals surface area contributed by atoms with Crippen molar-refractivity contribution in [3.63, 3.8) is 0 Å². The maximum Gasteiger partial charge on any atom is 0.306 e. The predicted octanol–water partition coefficient (Wildman–Crippen LogP) is 8.28. The van der Waals surface area contributed by atoms with Crippen molar-refractivity contribution in [1.29, 1.82) is 0 Å². The third-order valence-corrected chi connectivity index (χ3v) is 7.09. The molecule has 182 valence electrons. The van der Waals surface area contributed by atoms with E-state index in [0.717, 1.165) is 44.4 Å². The molecule has 0 bridgehead atoms. The first-order valence-electron chi connectivity index (χ1n) is 12.6. The van der Waals surface area contributed by atoms with Crippen molar-refractivity contribution in [3.8, 4) is 0 Å². The highest BCUT2D eigenvalue weighted by molar-refractivity contribution is 5.69. The molecule has 0 aromatic carbocycles. The van der Waals surface area contributed by atoms with Gasteiger partial charge in [0, 0.05) is 13.0 Å². The van der Waals surface area contributed by atoms with E-state index in [1.165, 1.54) is 41.6 Å². The average molecular weight is 445 g/mol. The minimum atomic E-state index is -0.696. The van der Waals surface area contributed by atoms with Gasteiger partial charge in [0.25, 0.3) is 0 Å². The van der Waals surface area contributed by atoms with Crippen LogP contribution in [0.4, 0.5) is 0 Å². The van der Waals surface area contributed by atoms with Gasteiger partial charge in [0.15, 0.2) is 0 Å². The maximum atomic E-state index is 10.9. The topological polar surface area (TPSA) is 46.5 Å². The van der Waals surface area contributed by atoms with Crippen molar-refractivity contribution in [2.24, 2.45) is 17.8 Å². The van der Waals surface area contributed by atoms with E-state index in [1.807, 2.05) is 7.11 Å². The predicted molar refractivity (Wildman–Crippen MR) is 137 cm³/mol. The van der Waals surface area contributed by atoms with E-state index in [1.54, 1.807) is 6.92 Å². The Morgan fingerprint density at radius 1 is 1.06 bits per heavy atom. The zero-order valence-electron chi connectivity index (χ0n) is 21.7. The van der Waals surface area contributed by atoms with Crippen LogP contribution in [0.15, 0.2) is 46.6 Å². The van der Waals surface area contributed by atoms with Gasteiger partial charge in [0.1, 0.15) is 0 Å². The monoisotopic (exact) mass is 444 g/mol. The summed E-state index contributed by atoms with van der Waals surface area (Å²) < 4.78 is 5.78. The van der Waals surface area contributed by atoms with Gasteiger partial charge in [-0.05, 0) is 90.0 Å². The molecule has 0 saturated carbocycles. The second-order valence-electron chi connectivity index (χ2n) is 10.1. The van der Waals surface area contributed by atoms with Gasteiger partial charge in [-0.3, -0.25) is 4.79 Å². The maximum absolute atomic E-state index is 10.9. The number of allylic oxidation sites excluding steroid dienone is 6. The lowest BCUT2D eigenvalue weighted by Gasteiger charge is -2.29. The molecule has 0 aromatic rings. The van der Waals surface area contributed by atoms with Crippen LogP contribution in [0.25, 0.3) is 0 Å². The van der Waals surface area contributed by atoms with Crippen LogP contribution in [0.2, 0.25) is 0 Å². The third-order valence-electron chi connectivity index (χ3n) is 7.09. The molecule has 0 amide bonds. The molecule has 0 radical (unpaired) electrons. The molecule has 1 rings (SSSR count). The number of hydrogen-bond acceptors (Lipinski definition) is 2. The SMILES string of the molecule is COC1C(CCC(C)CC/C=C(\C)CCC/C(C)=C/CCC(C)C(=O)O)=CC=C(C)C1C. The molecule has 3 heteroatoms. The average Bonchev–Trinajstić information content (AvgIpc) is 2.74. The first-order valence-corrected chi connectivity index (χ1v) is 12.6. The molecule has 32 heavy (non-hydrogen) atoms. The zero-order chi connectivity index (χ0) is 24.1. The van der Waals surface area contributed by atoms with Crippen LogP contribution < -0.4 is 0 Å². The summed E-state index contributed by atoms with van der Waals surface area (Å²) in [7, 11) is 1.84. The molecule has 1 aliphatic rings. The molecule has 0 saturated heterocycles. The number of rotatable bonds is 15. The molecule has 3 nitrogen and oxygen atoms in total. The number of carboxylic acids is 1. The van der Waals surface area contributed by atoms with E-state index in [-0.39, 0.29) is 12.0 Å². The summed E-state index contributed by atoms with van der Waals surface area (Å²) in [4.78, 5) is 10.9. The normalized spacial score (nSPS) is 21.7. The highest BCUT2D eigenvalue weighted by atomic mass is 16.5. The summed E-state index contributed by atoms with van der Waals surface area (Å²) in [5.74, 6) is 0.251. The van der Waals surface area contributed by atoms with E-state index in [4.69, 9.17) is 9.84 Å². The second kappa shape index (κ2) is 15.3. The van der Waals surface area contributed by atoms with Gasteiger partial charge in [0.2, 0.25) is 0 Å². The van der Waals surface area contributed by atoms with Crippen molar-refractivity contribution < 1.29 is 14.6 Å². The fourth-order valence-corrected chi connectivity index (χ4v) is 4.35. The van der Waals surface area contributed by atoms with Crippen LogP contribution in [-0.2, 0) is 9.53 Å². The van der Waals surface area contributed by atoms with E-state index in [9.17, 15) is 4.79 Å². The van der Waals surface area contributed by atoms with Crippen molar-refractivity contribution in [1.82, 2.24) is 0 Å². The van der Waals surface area contributed by atoms with Crippen molar-refractivity contribution in [3.05, 3.63) is 46.6 Å². The molecule has 1 N–H and O–H groups in total. The van der Waals surface area contributed by atoms with E-state index in [0.29, 0.717) is 5.92 Å². The van der Waals surface area contributed by atoms with Crippen LogP contribution in [0.1, 0.15) is 99.3 Å². The van der Waals surface area contributed by atoms with Gasteiger partial charge < -0.3 is 9.84 Å². The molecule has 0 aromatic heterocycles. The molecule has 0 heterocycles. The summed E-state index contributed by atoms with van der Waals surface area (Å²) >= 11 is 0. The Hall–Kier alpha value is -1.61. The summed E-state index contributed by atoms with van der Waals surface area (Å²) in [6.07, 6.45) is 19.2. The summed E-state index contributed by atoms with van der Waals surface area (Å²) in [5, 5.41) is 8.95. The number of carboxylic acid groups (broad SMARTS) is 1. The van der Waals surface area contributed by atoms with Crippen molar-refractivity contribution in [2.75, 3.05) is 7.11 Å². The van der Waals surface area contributed by atoms with E-state index in [2.05, 4.69) is 58.9 Å². The summed E-state index contributed by atoms with van der Waals surface area (Å²) in [6.45, 7) is 13.0. The summed E-state index contributed by atoms with van der Waals surface area (Å²) in [6, 6.07) is 0. The fourth-order valence-electron chi connectivity index (χ4n) is 4.35. The minimum Gasteiger partial charge on any atom is -0.481 e. The molecular formula is C29H48O3. The lowest BCUT2D eigenvalue weighted by atomic mass is 9.83. The smallest absolute Gasteiger partial charge is 0.306 e. The number of hydrogen-bond donors (Lipinski definition) is 1. The first-order chi connectivity index (χ1) is 15.1. The molecule has 0 fully saturated rings. The van der Waals surface area contributed by atoms with Crippen LogP contribution in [-0.4, -0.2) is 24.3 Å². The lowest BCUT2D eigenvalue weighted by molar-refractivity contribution is -0.141. The zero-order valence-corrected chi connectivity index (χ0v) is 21.7. The molecular weight excluding hydrogens is 396 g/mol. The molecule has 4 unspecified atom stereocenters. The minimum absolute atomic E-state index is 0.243. The van der Waals surface area contributed by atoms with E-state index < -0.39 is 5.97 Å². The molecule has 1 aliphatic carbocycles. The second-order valence-corrected chi connectivity index (χ2v) is 10.1. The highest BCUT2D eigenvalue weighted by Crippen LogP contribution is 2.31. The van der Waals surface area contributed by atoms with Crippen LogP contribution in [0.3, 0.4) is 0 Å². The quantitative estimate of drug-likeness (QED) is 0.258. The fraction of sp³-hybridized carbons (Fsp3) is 0.690. The van der Waals surface area contributed by atoms with Crippen LogP contribution in [0, 0.1) is 17.8 Å². The Labute approximate surface area is 197 Å². The van der Waals surface area contributed by atoms with Gasteiger partial charge in [-0.25, -0.2) is 0 Å². The molecule has 0 aliphatic heterocycles. The van der Waals surface area contributed by atoms with Crippen LogP contribution in [0.5, 0.6) is 0 Å². The Balaban J connectivity index is 2.26. The number of ether oxygens (including phenoxy) is 1. The van der Waals surface area contributed by atoms with Gasteiger partial charge in [0.05, 0.1) is 12.0 Å². The lowest BCUT2D eigenvalue weighted by Crippen LogP contribution is -2.26. The van der Waals surface area contributed by atoms with Gasteiger partial charge >= 0.3 is 5.97 Å². The molecule has 0 spiro atoms. The highest BCUT2D eigenvalue weighted by Gasteiger charge is 2.24. The Morgan fingerprint density at radius 3 is 2.22 bits per heavy atom.